The van der Waals surface area contributed by atoms with E-state index in [2.05, 4.69) is 9.47 Å². The first-order valence-corrected chi connectivity index (χ1v) is 11.8. The van der Waals surface area contributed by atoms with Crippen molar-refractivity contribution >= 4 is 41.8 Å². The van der Waals surface area contributed by atoms with Gasteiger partial charge in [-0.1, -0.05) is 0 Å². The van der Waals surface area contributed by atoms with Gasteiger partial charge < -0.3 is 74.1 Å². The molecule has 0 aliphatic carbocycles. The van der Waals surface area contributed by atoms with E-state index in [0.717, 1.165) is 0 Å². The number of carboxylic acids is 3. The van der Waals surface area contributed by atoms with Crippen molar-refractivity contribution in [1.29, 1.82) is 0 Å². The van der Waals surface area contributed by atoms with Crippen molar-refractivity contribution in [2.75, 3.05) is 19.8 Å². The van der Waals surface area contributed by atoms with Gasteiger partial charge in [0.15, 0.2) is 0 Å². The van der Waals surface area contributed by atoms with Crippen LogP contribution in [0, 0.1) is 0 Å². The first kappa shape index (κ1) is 42.6. The molecule has 0 fully saturated rings. The molecule has 0 aliphatic heterocycles. The number of hydrogen-bond donors (Lipinski definition) is 11. The maximum Gasteiger partial charge on any atom is 0.334 e. The minimum Gasteiger partial charge on any atom is -0.481 e. The molecule has 0 radical (unpaired) electrons. The maximum absolute atomic E-state index is 11.4. The molecule has 21 nitrogen and oxygen atoms in total. The van der Waals surface area contributed by atoms with Crippen LogP contribution < -0.4 is 34.4 Å². The van der Waals surface area contributed by atoms with Gasteiger partial charge in [0.2, 0.25) is 0 Å². The molecule has 0 unspecified atom stereocenters. The smallest absolute Gasteiger partial charge is 0.334 e. The van der Waals surface area contributed by atoms with E-state index in [-0.39, 0.29) is 12.8 Å². The number of aliphatic carboxylic acids is 3. The molecule has 244 valence electrons. The van der Waals surface area contributed by atoms with E-state index < -0.39 is 104 Å². The largest absolute Gasteiger partial charge is 0.481 e. The number of aliphatic hydroxyl groups excluding tert-OH is 2. The fraction of sp³-hybridized carbons (Fsp3) is 0.667. The summed E-state index contributed by atoms with van der Waals surface area (Å²) in [5.74, 6) is -7.27. The Morgan fingerprint density at radius 1 is 0.643 bits per heavy atom. The molecule has 0 aromatic carbocycles. The molecule has 0 saturated heterocycles. The average Bonchev–Trinajstić information content (AvgIpc) is 2.92. The first-order valence-electron chi connectivity index (χ1n) is 11.8. The van der Waals surface area contributed by atoms with Crippen LogP contribution in [0.15, 0.2) is 0 Å². The number of carbonyl (C=O) groups excluding carboxylic acids is 4. The van der Waals surface area contributed by atoms with Gasteiger partial charge in [-0.2, -0.15) is 0 Å². The molecule has 0 rings (SSSR count). The molecule has 42 heavy (non-hydrogen) atoms. The zero-order valence-electron chi connectivity index (χ0n) is 22.9. The summed E-state index contributed by atoms with van der Waals surface area (Å²) >= 11 is 0. The second-order valence-corrected chi connectivity index (χ2v) is 8.23. The molecular formula is C21H40N6O15. The number of ether oxygens (including phenoxy) is 3. The number of rotatable bonds is 15. The molecule has 0 spiro atoms. The lowest BCUT2D eigenvalue weighted by molar-refractivity contribution is -0.165. The van der Waals surface area contributed by atoms with Crippen LogP contribution in [0.5, 0.6) is 0 Å². The van der Waals surface area contributed by atoms with Gasteiger partial charge in [-0.3, -0.25) is 24.0 Å². The third-order valence-electron chi connectivity index (χ3n) is 4.36. The van der Waals surface area contributed by atoms with Gasteiger partial charge in [0.1, 0.15) is 49.0 Å². The molecule has 0 amide bonds. The second-order valence-electron chi connectivity index (χ2n) is 8.23. The third kappa shape index (κ3) is 21.0. The van der Waals surface area contributed by atoms with E-state index in [1.807, 2.05) is 0 Å². The van der Waals surface area contributed by atoms with Crippen molar-refractivity contribution < 1.29 is 73.3 Å². The van der Waals surface area contributed by atoms with Crippen molar-refractivity contribution in [2.24, 2.45) is 34.4 Å². The van der Waals surface area contributed by atoms with Crippen molar-refractivity contribution in [2.45, 2.75) is 69.0 Å². The van der Waals surface area contributed by atoms with Gasteiger partial charge in [-0.25, -0.2) is 9.59 Å². The topological polar surface area (TPSA) is 404 Å². The quantitative estimate of drug-likeness (QED) is 0.0462. The zero-order chi connectivity index (χ0) is 33.7. The summed E-state index contributed by atoms with van der Waals surface area (Å²) in [7, 11) is 0. The Morgan fingerprint density at radius 2 is 1.10 bits per heavy atom. The summed E-state index contributed by atoms with van der Waals surface area (Å²) in [4.78, 5) is 74.5. The minimum atomic E-state index is -1.36. The number of nitrogens with two attached hydrogens (primary N) is 6. The van der Waals surface area contributed by atoms with Crippen molar-refractivity contribution in [1.82, 2.24) is 0 Å². The highest BCUT2D eigenvalue weighted by Gasteiger charge is 2.29. The van der Waals surface area contributed by atoms with E-state index in [1.165, 1.54) is 13.8 Å². The van der Waals surface area contributed by atoms with Gasteiger partial charge in [0.25, 0.3) is 0 Å². The van der Waals surface area contributed by atoms with Crippen LogP contribution in [-0.2, 0) is 47.8 Å². The van der Waals surface area contributed by atoms with Gasteiger partial charge in [-0.05, 0) is 20.3 Å². The molecule has 0 aromatic rings. The van der Waals surface area contributed by atoms with Crippen molar-refractivity contribution in [3.05, 3.63) is 0 Å². The highest BCUT2D eigenvalue weighted by molar-refractivity contribution is 5.91. The van der Waals surface area contributed by atoms with Gasteiger partial charge in [-0.15, -0.1) is 0 Å². The highest BCUT2D eigenvalue weighted by Crippen LogP contribution is 2.02. The molecule has 0 aliphatic rings. The molecule has 0 heterocycles. The monoisotopic (exact) mass is 616 g/mol. The van der Waals surface area contributed by atoms with Gasteiger partial charge in [0, 0.05) is 6.42 Å². The Kier molecular flexibility index (Phi) is 23.2. The van der Waals surface area contributed by atoms with Crippen molar-refractivity contribution in [3.8, 4) is 0 Å². The molecule has 7 atom stereocenters. The third-order valence-corrected chi connectivity index (χ3v) is 4.36. The normalized spacial score (nSPS) is 15.2. The van der Waals surface area contributed by atoms with Gasteiger partial charge >= 0.3 is 41.8 Å². The Bertz CT molecular complexity index is 903. The van der Waals surface area contributed by atoms with Crippen LogP contribution >= 0.6 is 0 Å². The fourth-order valence-electron chi connectivity index (χ4n) is 1.70. The molecular weight excluding hydrogens is 576 g/mol. The van der Waals surface area contributed by atoms with Gasteiger partial charge in [0.05, 0.1) is 13.2 Å². The molecule has 17 N–H and O–H groups in total. The summed E-state index contributed by atoms with van der Waals surface area (Å²) in [5, 5.41) is 41.6. The highest BCUT2D eigenvalue weighted by atomic mass is 16.6. The van der Waals surface area contributed by atoms with Crippen LogP contribution in [0.1, 0.15) is 26.7 Å². The van der Waals surface area contributed by atoms with Crippen LogP contribution in [0.2, 0.25) is 0 Å². The van der Waals surface area contributed by atoms with E-state index in [4.69, 9.17) is 64.7 Å². The van der Waals surface area contributed by atoms with E-state index in [9.17, 15) is 33.6 Å². The lowest BCUT2D eigenvalue weighted by Gasteiger charge is -2.20. The van der Waals surface area contributed by atoms with E-state index in [0.29, 0.717) is 0 Å². The number of aliphatic hydroxyl groups is 2. The predicted molar refractivity (Wildman–Crippen MR) is 137 cm³/mol. The summed E-state index contributed by atoms with van der Waals surface area (Å²) in [6.07, 6.45) is -1.29. The zero-order valence-corrected chi connectivity index (χ0v) is 22.9. The average molecular weight is 617 g/mol. The SMILES string of the molecule is C[C@H](N)C(=O)OC(=O)[C@@H](N)[C@@H](C)OC(=O)[C@@H](N)CO.N[C@@H](CCC(=O)O)C(=O)O.N[C@@H](COC(=O)[C@@H](N)CO)C(=O)O. The molecule has 21 heteroatoms. The minimum absolute atomic E-state index is 0.0231. The van der Waals surface area contributed by atoms with Crippen LogP contribution in [0.25, 0.3) is 0 Å². The lowest BCUT2D eigenvalue weighted by atomic mass is 10.2. The number of carboxylic acid groups (broad SMARTS) is 3. The fourth-order valence-corrected chi connectivity index (χ4v) is 1.70. The van der Waals surface area contributed by atoms with Crippen LogP contribution in [0.4, 0.5) is 0 Å². The Labute approximate surface area is 239 Å². The summed E-state index contributed by atoms with van der Waals surface area (Å²) < 4.78 is 13.5. The Morgan fingerprint density at radius 3 is 1.48 bits per heavy atom. The Hall–Kier alpha value is -3.83. The lowest BCUT2D eigenvalue weighted by Crippen LogP contribution is -2.48. The summed E-state index contributed by atoms with van der Waals surface area (Å²) in [6, 6.07) is -7.04. The van der Waals surface area contributed by atoms with E-state index in [1.54, 1.807) is 0 Å². The summed E-state index contributed by atoms with van der Waals surface area (Å²) in [5.41, 5.74) is 31.0. The molecule has 0 aromatic heterocycles. The first-order chi connectivity index (χ1) is 19.2. The number of hydrogen-bond acceptors (Lipinski definition) is 18. The predicted octanol–water partition coefficient (Wildman–Crippen LogP) is -6.49. The standard InChI is InChI=1S/C10H19N3O6.C6H12N2O5.C5H9NO4/c1-4(11)8(15)19-10(17)7(13)5(2)18-9(16)6(12)3-14;7-3(1-9)6(12)13-2-4(8)5(10)11;6-3(5(9)10)1-2-4(7)8/h4-7,14H,3,11-13H2,1-2H3;3-4,9H,1-2,7-8H2,(H,10,11);3H,1-2,6H2,(H,7,8)(H,9,10)/t4-,5+,6-,7-;3-,4-;3-/m000/s1. The Balaban J connectivity index is -0.000000576. The van der Waals surface area contributed by atoms with Crippen molar-refractivity contribution in [3.63, 3.8) is 0 Å². The maximum atomic E-state index is 11.4. The summed E-state index contributed by atoms with van der Waals surface area (Å²) in [6.45, 7) is 1.05. The van der Waals surface area contributed by atoms with E-state index >= 15 is 0 Å². The number of esters is 4. The van der Waals surface area contributed by atoms with Crippen LogP contribution in [0.3, 0.4) is 0 Å². The number of carbonyl (C=O) groups is 7. The molecule has 0 saturated carbocycles. The molecule has 0 bridgehead atoms. The second kappa shape index (κ2) is 22.8. The van der Waals surface area contributed by atoms with Crippen LogP contribution in [-0.4, -0.2) is 129 Å².